The summed E-state index contributed by atoms with van der Waals surface area (Å²) in [5.74, 6) is 0.448. The molecule has 1 aromatic carbocycles. The van der Waals surface area contributed by atoms with Gasteiger partial charge in [0.2, 0.25) is 0 Å². The van der Waals surface area contributed by atoms with Crippen LogP contribution in [0.15, 0.2) is 47.4 Å². The summed E-state index contributed by atoms with van der Waals surface area (Å²) < 4.78 is 9.15. The first-order valence-corrected chi connectivity index (χ1v) is 9.98. The number of halogens is 1. The normalized spacial score (nSPS) is 15.6. The quantitative estimate of drug-likeness (QED) is 0.665. The molecule has 2 aliphatic heterocycles. The molecule has 5 rings (SSSR count). The Morgan fingerprint density at radius 2 is 1.90 bits per heavy atom. The zero-order valence-corrected chi connectivity index (χ0v) is 16.4. The summed E-state index contributed by atoms with van der Waals surface area (Å²) in [6.45, 7) is 1.70. The highest BCUT2D eigenvalue weighted by atomic mass is 35.5. The third-order valence-corrected chi connectivity index (χ3v) is 5.78. The molecule has 7 nitrogen and oxygen atoms in total. The van der Waals surface area contributed by atoms with Gasteiger partial charge in [-0.05, 0) is 42.7 Å². The molecule has 29 heavy (non-hydrogen) atoms. The first-order chi connectivity index (χ1) is 14.1. The van der Waals surface area contributed by atoms with E-state index in [9.17, 15) is 9.59 Å². The highest BCUT2D eigenvalue weighted by molar-refractivity contribution is 6.32. The summed E-state index contributed by atoms with van der Waals surface area (Å²) >= 11 is 6.58. The Kier molecular flexibility index (Phi) is 4.39. The molecule has 0 atom stereocenters. The van der Waals surface area contributed by atoms with Gasteiger partial charge in [-0.2, -0.15) is 0 Å². The lowest BCUT2D eigenvalue weighted by Gasteiger charge is -2.29. The van der Waals surface area contributed by atoms with Crippen molar-refractivity contribution in [2.45, 2.75) is 32.5 Å². The first-order valence-electron chi connectivity index (χ1n) is 9.60. The number of anilines is 1. The Labute approximate surface area is 172 Å². The van der Waals surface area contributed by atoms with Crippen LogP contribution in [0.4, 0.5) is 5.69 Å². The van der Waals surface area contributed by atoms with Crippen molar-refractivity contribution in [2.24, 2.45) is 0 Å². The smallest absolute Gasteiger partial charge is 0.276 e. The number of rotatable bonds is 3. The van der Waals surface area contributed by atoms with Gasteiger partial charge in [-0.1, -0.05) is 23.7 Å². The van der Waals surface area contributed by atoms with Crippen LogP contribution in [-0.4, -0.2) is 26.9 Å². The van der Waals surface area contributed by atoms with Gasteiger partial charge in [0, 0.05) is 19.3 Å². The second-order valence-electron chi connectivity index (χ2n) is 7.20. The van der Waals surface area contributed by atoms with E-state index in [1.807, 2.05) is 35.0 Å². The molecule has 0 radical (unpaired) electrons. The highest BCUT2D eigenvalue weighted by Gasteiger charge is 2.28. The molecule has 0 saturated heterocycles. The maximum atomic E-state index is 13.0. The number of hydrogen-bond donors (Lipinski definition) is 0. The number of amides is 1. The summed E-state index contributed by atoms with van der Waals surface area (Å²) in [6.07, 6.45) is 3.66. The Bertz CT molecular complexity index is 1150. The molecule has 0 bridgehead atoms. The van der Waals surface area contributed by atoms with E-state index >= 15 is 0 Å². The summed E-state index contributed by atoms with van der Waals surface area (Å²) in [5.41, 5.74) is 2.43. The van der Waals surface area contributed by atoms with Crippen molar-refractivity contribution in [1.82, 2.24) is 14.3 Å². The Morgan fingerprint density at radius 3 is 2.66 bits per heavy atom. The van der Waals surface area contributed by atoms with Gasteiger partial charge in [0.25, 0.3) is 11.5 Å². The number of aromatic nitrogens is 3. The molecule has 0 saturated carbocycles. The lowest BCUT2D eigenvalue weighted by atomic mass is 10.1. The molecule has 4 heterocycles. The molecule has 0 aliphatic carbocycles. The lowest BCUT2D eigenvalue weighted by Crippen LogP contribution is -2.38. The molecule has 0 N–H and O–H groups in total. The van der Waals surface area contributed by atoms with Gasteiger partial charge in [-0.25, -0.2) is 4.68 Å². The molecule has 1 amide bonds. The van der Waals surface area contributed by atoms with Gasteiger partial charge in [-0.15, -0.1) is 0 Å². The number of hydrogen-bond acceptors (Lipinski definition) is 4. The predicted octanol–water partition coefficient (Wildman–Crippen LogP) is 3.08. The van der Waals surface area contributed by atoms with Gasteiger partial charge in [0.05, 0.1) is 23.5 Å². The van der Waals surface area contributed by atoms with Crippen molar-refractivity contribution < 1.29 is 9.53 Å². The third-order valence-electron chi connectivity index (χ3n) is 5.40. The van der Waals surface area contributed by atoms with Crippen LogP contribution in [0.2, 0.25) is 5.15 Å². The first kappa shape index (κ1) is 18.0. The standard InChI is InChI=1S/C21H19ClN4O3/c22-20-19(21(28)26-10-4-3-9-25(20)26)14-6-7-17-16(11-14)24(18(27)13-29-17)12-15-5-1-2-8-23-15/h1-2,5-8,11H,3-4,9-10,12-13H2. The van der Waals surface area contributed by atoms with E-state index in [1.165, 1.54) is 0 Å². The Balaban J connectivity index is 1.60. The lowest BCUT2D eigenvalue weighted by molar-refractivity contribution is -0.121. The van der Waals surface area contributed by atoms with Gasteiger partial charge in [0.1, 0.15) is 10.9 Å². The fourth-order valence-corrected chi connectivity index (χ4v) is 4.32. The Morgan fingerprint density at radius 1 is 1.07 bits per heavy atom. The topological polar surface area (TPSA) is 69.4 Å². The average Bonchev–Trinajstić information content (AvgIpc) is 3.01. The maximum Gasteiger partial charge on any atom is 0.276 e. The number of nitrogens with zero attached hydrogens (tertiary/aromatic N) is 4. The van der Waals surface area contributed by atoms with Crippen molar-refractivity contribution in [2.75, 3.05) is 11.5 Å². The second kappa shape index (κ2) is 7.08. The van der Waals surface area contributed by atoms with Gasteiger partial charge < -0.3 is 4.74 Å². The van der Waals surface area contributed by atoms with Crippen LogP contribution in [0.5, 0.6) is 5.75 Å². The Hall–Kier alpha value is -3.06. The monoisotopic (exact) mass is 410 g/mol. The van der Waals surface area contributed by atoms with Crippen molar-refractivity contribution in [3.05, 3.63) is 63.8 Å². The zero-order valence-electron chi connectivity index (χ0n) is 15.7. The van der Waals surface area contributed by atoms with E-state index in [0.29, 0.717) is 40.8 Å². The molecule has 148 valence electrons. The van der Waals surface area contributed by atoms with E-state index in [-0.39, 0.29) is 18.1 Å². The molecule has 3 aromatic rings. The number of ether oxygens (including phenoxy) is 1. The molecule has 2 aromatic heterocycles. The average molecular weight is 411 g/mol. The van der Waals surface area contributed by atoms with Crippen molar-refractivity contribution >= 4 is 23.2 Å². The van der Waals surface area contributed by atoms with Crippen LogP contribution < -0.4 is 15.2 Å². The highest BCUT2D eigenvalue weighted by Crippen LogP contribution is 2.38. The molecule has 0 spiro atoms. The minimum atomic E-state index is -0.153. The van der Waals surface area contributed by atoms with E-state index in [4.69, 9.17) is 16.3 Å². The number of benzene rings is 1. The molecule has 2 aliphatic rings. The largest absolute Gasteiger partial charge is 0.482 e. The number of pyridine rings is 1. The fraction of sp³-hybridized carbons (Fsp3) is 0.286. The van der Waals surface area contributed by atoms with E-state index < -0.39 is 0 Å². The predicted molar refractivity (Wildman–Crippen MR) is 109 cm³/mol. The number of carbonyl (C=O) groups excluding carboxylic acids is 1. The van der Waals surface area contributed by atoms with Crippen molar-refractivity contribution in [3.63, 3.8) is 0 Å². The number of fused-ring (bicyclic) bond motifs is 2. The molecular formula is C21H19ClN4O3. The van der Waals surface area contributed by atoms with Crippen LogP contribution in [0, 0.1) is 0 Å². The van der Waals surface area contributed by atoms with Crippen LogP contribution in [0.25, 0.3) is 11.1 Å². The van der Waals surface area contributed by atoms with E-state index in [0.717, 1.165) is 25.1 Å². The SMILES string of the molecule is O=C1COc2ccc(-c3c(Cl)n4n(c3=O)CCCC4)cc2N1Cc1ccccn1. The minimum absolute atomic E-state index is 0.0247. The summed E-state index contributed by atoms with van der Waals surface area (Å²) in [5, 5.41) is 0.439. The summed E-state index contributed by atoms with van der Waals surface area (Å²) in [6, 6.07) is 11.0. The van der Waals surface area contributed by atoms with Crippen LogP contribution in [0.1, 0.15) is 18.5 Å². The fourth-order valence-electron chi connectivity index (χ4n) is 3.95. The van der Waals surface area contributed by atoms with E-state index in [1.54, 1.807) is 21.8 Å². The van der Waals surface area contributed by atoms with Crippen LogP contribution in [0.3, 0.4) is 0 Å². The molecule has 8 heteroatoms. The summed E-state index contributed by atoms with van der Waals surface area (Å²) in [4.78, 5) is 31.5. The maximum absolute atomic E-state index is 13.0. The van der Waals surface area contributed by atoms with Crippen molar-refractivity contribution in [1.29, 1.82) is 0 Å². The number of carbonyl (C=O) groups is 1. The van der Waals surface area contributed by atoms with Gasteiger partial charge in [-0.3, -0.25) is 24.2 Å². The molecule has 0 fully saturated rings. The second-order valence-corrected chi connectivity index (χ2v) is 7.55. The van der Waals surface area contributed by atoms with E-state index in [2.05, 4.69) is 4.98 Å². The van der Waals surface area contributed by atoms with Gasteiger partial charge in [0.15, 0.2) is 6.61 Å². The van der Waals surface area contributed by atoms with Crippen LogP contribution >= 0.6 is 11.6 Å². The zero-order chi connectivity index (χ0) is 20.0. The minimum Gasteiger partial charge on any atom is -0.482 e. The molecular weight excluding hydrogens is 392 g/mol. The van der Waals surface area contributed by atoms with Gasteiger partial charge >= 0.3 is 0 Å². The van der Waals surface area contributed by atoms with Crippen molar-refractivity contribution in [3.8, 4) is 16.9 Å². The van der Waals surface area contributed by atoms with Crippen LogP contribution in [-0.2, 0) is 24.4 Å². The third kappa shape index (κ3) is 3.02. The molecule has 0 unspecified atom stereocenters. The summed E-state index contributed by atoms with van der Waals surface area (Å²) in [7, 11) is 0.